The van der Waals surface area contributed by atoms with Crippen molar-refractivity contribution in [1.29, 1.82) is 0 Å². The largest absolute Gasteiger partial charge is 0.356 e. The van der Waals surface area contributed by atoms with Crippen molar-refractivity contribution >= 4 is 34.4 Å². The van der Waals surface area contributed by atoms with Gasteiger partial charge in [0.05, 0.1) is 0 Å². The van der Waals surface area contributed by atoms with Gasteiger partial charge in [-0.15, -0.1) is 23.5 Å². The first-order chi connectivity index (χ1) is 11.8. The van der Waals surface area contributed by atoms with Crippen LogP contribution in [0, 0.1) is 11.8 Å². The van der Waals surface area contributed by atoms with Crippen molar-refractivity contribution in [2.75, 3.05) is 25.1 Å². The second-order valence-corrected chi connectivity index (χ2v) is 10.5. The van der Waals surface area contributed by atoms with Gasteiger partial charge in [-0.25, -0.2) is 0 Å². The van der Waals surface area contributed by atoms with Crippen LogP contribution in [0.4, 0.5) is 0 Å². The van der Waals surface area contributed by atoms with Crippen LogP contribution >= 0.6 is 23.5 Å². The lowest BCUT2D eigenvalue weighted by molar-refractivity contribution is 0.0457. The SMILES string of the molecule is CC[C@H]1[C@H]2c3c([nH]c4ccccc34)C3(SCCCS3)[C@@H]1CCN2C. The highest BCUT2D eigenvalue weighted by atomic mass is 32.2. The van der Waals surface area contributed by atoms with E-state index in [-0.39, 0.29) is 4.08 Å². The summed E-state index contributed by atoms with van der Waals surface area (Å²) in [7, 11) is 2.34. The summed E-state index contributed by atoms with van der Waals surface area (Å²) in [5.74, 6) is 4.22. The van der Waals surface area contributed by atoms with E-state index in [0.717, 1.165) is 11.8 Å². The number of para-hydroxylation sites is 1. The Balaban J connectivity index is 1.82. The van der Waals surface area contributed by atoms with Crippen molar-refractivity contribution in [3.05, 3.63) is 35.5 Å². The van der Waals surface area contributed by atoms with E-state index in [4.69, 9.17) is 0 Å². The summed E-state index contributed by atoms with van der Waals surface area (Å²) in [6.07, 6.45) is 4.00. The number of piperidine rings is 1. The fourth-order valence-electron chi connectivity index (χ4n) is 5.49. The molecule has 1 aromatic carbocycles. The molecule has 1 N–H and O–H groups in total. The van der Waals surface area contributed by atoms with Gasteiger partial charge in [0.15, 0.2) is 0 Å². The number of aromatic amines is 1. The van der Waals surface area contributed by atoms with E-state index >= 15 is 0 Å². The fourth-order valence-corrected chi connectivity index (χ4v) is 9.32. The third-order valence-corrected chi connectivity index (χ3v) is 10.0. The van der Waals surface area contributed by atoms with Crippen molar-refractivity contribution in [3.8, 4) is 0 Å². The molecule has 1 aromatic heterocycles. The molecule has 0 radical (unpaired) electrons. The van der Waals surface area contributed by atoms with Crippen LogP contribution < -0.4 is 0 Å². The second-order valence-electron chi connectivity index (χ2n) is 7.57. The molecule has 0 saturated carbocycles. The number of thioether (sulfide) groups is 2. The number of likely N-dealkylation sites (tertiary alicyclic amines) is 1. The fraction of sp³-hybridized carbons (Fsp3) is 0.600. The highest BCUT2D eigenvalue weighted by Crippen LogP contribution is 2.66. The number of rotatable bonds is 1. The van der Waals surface area contributed by atoms with E-state index in [2.05, 4.69) is 71.6 Å². The maximum atomic E-state index is 3.90. The molecule has 2 saturated heterocycles. The first kappa shape index (κ1) is 15.7. The van der Waals surface area contributed by atoms with Crippen LogP contribution in [0.1, 0.15) is 43.5 Å². The summed E-state index contributed by atoms with van der Waals surface area (Å²) in [5.41, 5.74) is 4.52. The smallest absolute Gasteiger partial charge is 0.104 e. The van der Waals surface area contributed by atoms with Crippen molar-refractivity contribution < 1.29 is 0 Å². The minimum Gasteiger partial charge on any atom is -0.356 e. The normalized spacial score (nSPS) is 32.2. The van der Waals surface area contributed by atoms with Gasteiger partial charge >= 0.3 is 0 Å². The number of hydrogen-bond donors (Lipinski definition) is 1. The van der Waals surface area contributed by atoms with Gasteiger partial charge in [0, 0.05) is 28.2 Å². The molecular weight excluding hydrogens is 332 g/mol. The van der Waals surface area contributed by atoms with Crippen molar-refractivity contribution in [3.63, 3.8) is 0 Å². The number of nitrogens with one attached hydrogen (secondary N) is 1. The Morgan fingerprint density at radius 3 is 2.83 bits per heavy atom. The quantitative estimate of drug-likeness (QED) is 0.754. The maximum absolute atomic E-state index is 3.90. The molecule has 2 aliphatic heterocycles. The topological polar surface area (TPSA) is 19.0 Å². The minimum atomic E-state index is 0.269. The summed E-state index contributed by atoms with van der Waals surface area (Å²) < 4.78 is 0.269. The highest BCUT2D eigenvalue weighted by molar-refractivity contribution is 8.18. The first-order valence-electron chi connectivity index (χ1n) is 9.35. The van der Waals surface area contributed by atoms with Gasteiger partial charge in [-0.05, 0) is 55.8 Å². The number of benzene rings is 1. The molecule has 2 aromatic rings. The minimum absolute atomic E-state index is 0.269. The monoisotopic (exact) mass is 358 g/mol. The molecule has 2 fully saturated rings. The lowest BCUT2D eigenvalue weighted by Crippen LogP contribution is -2.52. The summed E-state index contributed by atoms with van der Waals surface area (Å²) in [6.45, 7) is 3.66. The molecule has 3 heterocycles. The van der Waals surface area contributed by atoms with Crippen LogP contribution in [0.3, 0.4) is 0 Å². The molecule has 0 unspecified atom stereocenters. The lowest BCUT2D eigenvalue weighted by Gasteiger charge is -2.56. The summed E-state index contributed by atoms with van der Waals surface area (Å²) in [4.78, 5) is 6.54. The van der Waals surface area contributed by atoms with E-state index in [0.29, 0.717) is 6.04 Å². The van der Waals surface area contributed by atoms with E-state index in [1.807, 2.05) is 0 Å². The molecule has 2 nitrogen and oxygen atoms in total. The Morgan fingerprint density at radius 2 is 2.04 bits per heavy atom. The molecule has 2 bridgehead atoms. The second kappa shape index (κ2) is 5.72. The lowest BCUT2D eigenvalue weighted by atomic mass is 9.68. The summed E-state index contributed by atoms with van der Waals surface area (Å²) in [5, 5.41) is 1.47. The van der Waals surface area contributed by atoms with Crippen LogP contribution in [0.25, 0.3) is 10.9 Å². The van der Waals surface area contributed by atoms with Gasteiger partial charge in [0.2, 0.25) is 0 Å². The van der Waals surface area contributed by atoms with Crippen LogP contribution in [0.2, 0.25) is 0 Å². The van der Waals surface area contributed by atoms with Crippen molar-refractivity contribution in [2.24, 2.45) is 11.8 Å². The molecule has 1 aliphatic carbocycles. The highest BCUT2D eigenvalue weighted by Gasteiger charge is 2.57. The first-order valence-corrected chi connectivity index (χ1v) is 11.3. The van der Waals surface area contributed by atoms with Gasteiger partial charge in [-0.3, -0.25) is 4.90 Å². The predicted molar refractivity (Wildman–Crippen MR) is 107 cm³/mol. The molecule has 5 rings (SSSR count). The Labute approximate surface area is 153 Å². The summed E-state index contributed by atoms with van der Waals surface area (Å²) in [6, 6.07) is 9.58. The number of fused-ring (bicyclic) bond motifs is 8. The molecule has 0 amide bonds. The Morgan fingerprint density at radius 1 is 1.25 bits per heavy atom. The molecule has 24 heavy (non-hydrogen) atoms. The van der Waals surface area contributed by atoms with Gasteiger partial charge in [-0.2, -0.15) is 0 Å². The average Bonchev–Trinajstić information content (AvgIpc) is 3.01. The van der Waals surface area contributed by atoms with E-state index in [1.54, 1.807) is 11.3 Å². The zero-order valence-corrected chi connectivity index (χ0v) is 16.2. The Kier molecular flexibility index (Phi) is 3.73. The molecule has 1 spiro atoms. The Hall–Kier alpha value is -0.580. The summed E-state index contributed by atoms with van der Waals surface area (Å²) >= 11 is 4.49. The van der Waals surface area contributed by atoms with Gasteiger partial charge in [0.25, 0.3) is 0 Å². The number of hydrogen-bond acceptors (Lipinski definition) is 3. The van der Waals surface area contributed by atoms with E-state index in [1.165, 1.54) is 48.2 Å². The molecule has 3 aliphatic rings. The van der Waals surface area contributed by atoms with Crippen LogP contribution in [-0.4, -0.2) is 35.0 Å². The van der Waals surface area contributed by atoms with Crippen LogP contribution in [0.15, 0.2) is 24.3 Å². The van der Waals surface area contributed by atoms with E-state index < -0.39 is 0 Å². The number of H-pyrrole nitrogens is 1. The maximum Gasteiger partial charge on any atom is 0.104 e. The van der Waals surface area contributed by atoms with Gasteiger partial charge < -0.3 is 4.98 Å². The van der Waals surface area contributed by atoms with E-state index in [9.17, 15) is 0 Å². The van der Waals surface area contributed by atoms with Gasteiger partial charge in [-0.1, -0.05) is 31.5 Å². The van der Waals surface area contributed by atoms with Crippen molar-refractivity contribution in [2.45, 2.75) is 36.3 Å². The molecular formula is C20H26N2S2. The zero-order chi connectivity index (χ0) is 16.3. The third-order valence-electron chi connectivity index (χ3n) is 6.46. The predicted octanol–water partition coefficient (Wildman–Crippen LogP) is 5.22. The molecule has 128 valence electrons. The number of nitrogens with zero attached hydrogens (tertiary/aromatic N) is 1. The standard InChI is InChI=1S/C20H26N2S2/c1-3-13-15-9-10-22(2)18(13)17-14-7-4-5-8-16(14)21-19(17)20(15)23-11-6-12-24-20/h4-5,7-8,13,15,18,21H,3,6,9-12H2,1-2H3/t13-,15-,18+/m1/s1. The number of aromatic nitrogens is 1. The molecule has 4 heteroatoms. The Bertz CT molecular complexity index is 762. The van der Waals surface area contributed by atoms with Gasteiger partial charge in [0.1, 0.15) is 4.08 Å². The van der Waals surface area contributed by atoms with Crippen LogP contribution in [-0.2, 0) is 4.08 Å². The third kappa shape index (κ3) is 1.96. The zero-order valence-electron chi connectivity index (χ0n) is 14.5. The van der Waals surface area contributed by atoms with Crippen molar-refractivity contribution in [1.82, 2.24) is 9.88 Å². The average molecular weight is 359 g/mol. The van der Waals surface area contributed by atoms with Crippen LogP contribution in [0.5, 0.6) is 0 Å². The molecule has 3 atom stereocenters.